The summed E-state index contributed by atoms with van der Waals surface area (Å²) in [7, 11) is -4.11. The highest BCUT2D eigenvalue weighted by Gasteiger charge is 2.13. The molecule has 0 atom stereocenters. The SMILES string of the molecule is CCCCCCCCCCCCCCCCCCCCCCCCCCCCCc1ccccc1S(=O)(=O)O. The van der Waals surface area contributed by atoms with Crippen molar-refractivity contribution in [1.29, 1.82) is 0 Å². The summed E-state index contributed by atoms with van der Waals surface area (Å²) in [5, 5.41) is 0. The molecular weight excluding hydrogens is 500 g/mol. The van der Waals surface area contributed by atoms with E-state index in [9.17, 15) is 13.0 Å². The minimum absolute atomic E-state index is 0.0693. The van der Waals surface area contributed by atoms with Crippen molar-refractivity contribution in [2.24, 2.45) is 0 Å². The molecule has 0 radical (unpaired) electrons. The maximum absolute atomic E-state index is 11.5. The van der Waals surface area contributed by atoms with Crippen LogP contribution in [0.25, 0.3) is 0 Å². The van der Waals surface area contributed by atoms with E-state index < -0.39 is 10.1 Å². The fourth-order valence-electron chi connectivity index (χ4n) is 5.77. The van der Waals surface area contributed by atoms with Gasteiger partial charge >= 0.3 is 0 Å². The molecule has 1 aromatic rings. The van der Waals surface area contributed by atoms with E-state index in [1.54, 1.807) is 6.07 Å². The number of hydrogen-bond acceptors (Lipinski definition) is 2. The molecule has 0 aliphatic heterocycles. The van der Waals surface area contributed by atoms with Crippen molar-refractivity contribution < 1.29 is 13.0 Å². The molecule has 0 spiro atoms. The van der Waals surface area contributed by atoms with E-state index in [-0.39, 0.29) is 4.90 Å². The van der Waals surface area contributed by atoms with Gasteiger partial charge in [0.25, 0.3) is 10.1 Å². The molecule has 1 N–H and O–H groups in total. The molecule has 0 heterocycles. The molecule has 0 saturated heterocycles. The molecule has 3 nitrogen and oxygen atoms in total. The van der Waals surface area contributed by atoms with E-state index in [4.69, 9.17) is 0 Å². The van der Waals surface area contributed by atoms with E-state index in [1.165, 1.54) is 167 Å². The summed E-state index contributed by atoms with van der Waals surface area (Å²) in [6.07, 6.45) is 38.2. The van der Waals surface area contributed by atoms with Crippen molar-refractivity contribution >= 4 is 10.1 Å². The summed E-state index contributed by atoms with van der Waals surface area (Å²) in [5.41, 5.74) is 0.736. The first kappa shape index (κ1) is 36.2. The normalized spacial score (nSPS) is 11.8. The van der Waals surface area contributed by atoms with E-state index >= 15 is 0 Å². The Morgan fingerprint density at radius 1 is 0.462 bits per heavy atom. The third kappa shape index (κ3) is 22.5. The van der Waals surface area contributed by atoms with Crippen LogP contribution < -0.4 is 0 Å². The lowest BCUT2D eigenvalue weighted by molar-refractivity contribution is 0.481. The van der Waals surface area contributed by atoms with Crippen LogP contribution in [0.15, 0.2) is 29.2 Å². The third-order valence-electron chi connectivity index (χ3n) is 8.30. The van der Waals surface area contributed by atoms with E-state index in [0.29, 0.717) is 0 Å². The second-order valence-electron chi connectivity index (χ2n) is 12.0. The summed E-state index contributed by atoms with van der Waals surface area (Å²) in [4.78, 5) is 0.0693. The molecule has 4 heteroatoms. The van der Waals surface area contributed by atoms with Gasteiger partial charge in [0.1, 0.15) is 0 Å². The Hall–Kier alpha value is -0.870. The topological polar surface area (TPSA) is 54.4 Å². The van der Waals surface area contributed by atoms with Crippen LogP contribution >= 0.6 is 0 Å². The first-order chi connectivity index (χ1) is 19.1. The summed E-state index contributed by atoms with van der Waals surface area (Å²) >= 11 is 0. The van der Waals surface area contributed by atoms with Gasteiger partial charge in [0.2, 0.25) is 0 Å². The number of hydrogen-bond donors (Lipinski definition) is 1. The largest absolute Gasteiger partial charge is 0.294 e. The molecule has 1 aromatic carbocycles. The molecular formula is C35H64O3S. The smallest absolute Gasteiger partial charge is 0.282 e. The van der Waals surface area contributed by atoms with Crippen LogP contribution in [0.2, 0.25) is 0 Å². The molecule has 0 aliphatic rings. The van der Waals surface area contributed by atoms with Gasteiger partial charge in [-0.15, -0.1) is 0 Å². The fraction of sp³-hybridized carbons (Fsp3) is 0.829. The van der Waals surface area contributed by atoms with Crippen LogP contribution in [0.3, 0.4) is 0 Å². The molecule has 39 heavy (non-hydrogen) atoms. The Kier molecular flexibility index (Phi) is 24.2. The van der Waals surface area contributed by atoms with Gasteiger partial charge in [-0.05, 0) is 24.5 Å². The van der Waals surface area contributed by atoms with E-state index in [0.717, 1.165) is 24.8 Å². The maximum Gasteiger partial charge on any atom is 0.294 e. The highest BCUT2D eigenvalue weighted by molar-refractivity contribution is 7.85. The highest BCUT2D eigenvalue weighted by Crippen LogP contribution is 2.19. The van der Waals surface area contributed by atoms with Crippen molar-refractivity contribution in [2.75, 3.05) is 0 Å². The van der Waals surface area contributed by atoms with Gasteiger partial charge < -0.3 is 0 Å². The Balaban J connectivity index is 1.74. The van der Waals surface area contributed by atoms with Crippen LogP contribution in [0.4, 0.5) is 0 Å². The van der Waals surface area contributed by atoms with E-state index in [2.05, 4.69) is 6.92 Å². The lowest BCUT2D eigenvalue weighted by Gasteiger charge is -2.07. The average Bonchev–Trinajstić information content (AvgIpc) is 2.92. The second kappa shape index (κ2) is 26.1. The number of benzene rings is 1. The van der Waals surface area contributed by atoms with Crippen LogP contribution in [-0.2, 0) is 16.5 Å². The average molecular weight is 565 g/mol. The molecule has 0 aliphatic carbocycles. The van der Waals surface area contributed by atoms with Gasteiger partial charge in [-0.2, -0.15) is 8.42 Å². The van der Waals surface area contributed by atoms with Gasteiger partial charge in [0.15, 0.2) is 0 Å². The molecule has 228 valence electrons. The highest BCUT2D eigenvalue weighted by atomic mass is 32.2. The molecule has 1 rings (SSSR count). The van der Waals surface area contributed by atoms with Crippen LogP contribution in [0, 0.1) is 0 Å². The maximum atomic E-state index is 11.5. The monoisotopic (exact) mass is 564 g/mol. The Morgan fingerprint density at radius 3 is 1.05 bits per heavy atom. The van der Waals surface area contributed by atoms with Gasteiger partial charge in [-0.1, -0.05) is 192 Å². The number of unbranched alkanes of at least 4 members (excludes halogenated alkanes) is 26. The molecule has 0 amide bonds. The van der Waals surface area contributed by atoms with Crippen molar-refractivity contribution in [1.82, 2.24) is 0 Å². The van der Waals surface area contributed by atoms with Crippen LogP contribution in [-0.4, -0.2) is 13.0 Å². The lowest BCUT2D eigenvalue weighted by Crippen LogP contribution is -2.03. The molecule has 0 aromatic heterocycles. The predicted molar refractivity (Wildman–Crippen MR) is 170 cm³/mol. The van der Waals surface area contributed by atoms with Crippen molar-refractivity contribution in [3.8, 4) is 0 Å². The number of rotatable bonds is 29. The van der Waals surface area contributed by atoms with Gasteiger partial charge in [0, 0.05) is 0 Å². The summed E-state index contributed by atoms with van der Waals surface area (Å²) in [5.74, 6) is 0. The molecule has 0 fully saturated rings. The molecule has 0 bridgehead atoms. The second-order valence-corrected chi connectivity index (χ2v) is 13.4. The first-order valence-corrected chi connectivity index (χ1v) is 18.5. The number of aryl methyl sites for hydroxylation is 1. The van der Waals surface area contributed by atoms with E-state index in [1.807, 2.05) is 12.1 Å². The van der Waals surface area contributed by atoms with Gasteiger partial charge in [-0.3, -0.25) is 4.55 Å². The molecule has 0 unspecified atom stereocenters. The van der Waals surface area contributed by atoms with Crippen LogP contribution in [0.5, 0.6) is 0 Å². The summed E-state index contributed by atoms with van der Waals surface area (Å²) in [6, 6.07) is 6.80. The minimum Gasteiger partial charge on any atom is -0.282 e. The fourth-order valence-corrected chi connectivity index (χ4v) is 6.52. The van der Waals surface area contributed by atoms with Crippen molar-refractivity contribution in [2.45, 2.75) is 192 Å². The van der Waals surface area contributed by atoms with Crippen molar-refractivity contribution in [3.63, 3.8) is 0 Å². The van der Waals surface area contributed by atoms with Gasteiger partial charge in [-0.25, -0.2) is 0 Å². The summed E-state index contributed by atoms with van der Waals surface area (Å²) in [6.45, 7) is 2.29. The minimum atomic E-state index is -4.11. The molecule has 0 saturated carbocycles. The first-order valence-electron chi connectivity index (χ1n) is 17.1. The predicted octanol–water partition coefficient (Wildman–Crippen LogP) is 12.0. The Morgan fingerprint density at radius 2 is 0.744 bits per heavy atom. The van der Waals surface area contributed by atoms with Gasteiger partial charge in [0.05, 0.1) is 4.90 Å². The third-order valence-corrected chi connectivity index (χ3v) is 9.25. The lowest BCUT2D eigenvalue weighted by atomic mass is 10.0. The summed E-state index contributed by atoms with van der Waals surface area (Å²) < 4.78 is 32.3. The zero-order valence-electron chi connectivity index (χ0n) is 25.8. The zero-order valence-corrected chi connectivity index (χ0v) is 26.6. The standard InChI is InChI=1S/C35H64O3S/c1-2-3-4-5-6-7-8-9-10-11-12-13-14-15-16-17-18-19-20-21-22-23-24-25-26-27-28-31-34-32-29-30-33-35(34)39(36,37)38/h29-30,32-33H,2-28,31H2,1H3,(H,36,37,38). The Bertz CT molecular complexity index is 759. The van der Waals surface area contributed by atoms with Crippen LogP contribution in [0.1, 0.15) is 186 Å². The quantitative estimate of drug-likeness (QED) is 0.0777. The zero-order chi connectivity index (χ0) is 28.3. The Labute approximate surface area is 244 Å². The van der Waals surface area contributed by atoms with Crippen molar-refractivity contribution in [3.05, 3.63) is 29.8 Å².